The molecule has 0 atom stereocenters. The number of rotatable bonds is 9. The molecule has 0 N–H and O–H groups in total. The van der Waals surface area contributed by atoms with Gasteiger partial charge in [-0.05, 0) is 74.4 Å². The van der Waals surface area contributed by atoms with E-state index >= 15 is 0 Å². The molecule has 0 aliphatic rings. The van der Waals surface area contributed by atoms with Gasteiger partial charge in [-0.25, -0.2) is 10.1 Å². The third kappa shape index (κ3) is 6.68. The van der Waals surface area contributed by atoms with Crippen LogP contribution >= 0.6 is 0 Å². The summed E-state index contributed by atoms with van der Waals surface area (Å²) in [6.07, 6.45) is 3.78. The smallest absolute Gasteiger partial charge is 0.269 e. The van der Waals surface area contributed by atoms with E-state index in [9.17, 15) is 5.26 Å². The lowest BCUT2D eigenvalue weighted by Gasteiger charge is -2.19. The molecule has 4 nitrogen and oxygen atoms in total. The molecule has 0 saturated heterocycles. The first kappa shape index (κ1) is 29.4. The van der Waals surface area contributed by atoms with Crippen molar-refractivity contribution in [2.45, 2.75) is 0 Å². The molecule has 5 aromatic rings. The van der Waals surface area contributed by atoms with Gasteiger partial charge >= 0.3 is 0 Å². The van der Waals surface area contributed by atoms with Crippen LogP contribution in [0.4, 0.5) is 0 Å². The summed E-state index contributed by atoms with van der Waals surface area (Å²) in [6, 6.07) is 46.5. The molecule has 0 spiro atoms. The summed E-state index contributed by atoms with van der Waals surface area (Å²) in [5, 5.41) is 9.58. The number of benzene rings is 5. The maximum absolute atomic E-state index is 9.58. The van der Waals surface area contributed by atoms with Crippen molar-refractivity contribution in [1.29, 1.82) is 5.26 Å². The van der Waals surface area contributed by atoms with Gasteiger partial charge in [0.1, 0.15) is 11.5 Å². The highest BCUT2D eigenvalue weighted by Gasteiger charge is 2.17. The second-order valence-corrected chi connectivity index (χ2v) is 9.88. The molecule has 5 rings (SSSR count). The van der Waals surface area contributed by atoms with E-state index < -0.39 is 0 Å². The van der Waals surface area contributed by atoms with Crippen molar-refractivity contribution in [3.05, 3.63) is 190 Å². The maximum Gasteiger partial charge on any atom is 0.269 e. The Morgan fingerprint density at radius 3 is 1.41 bits per heavy atom. The fraction of sp³-hybridized carbons (Fsp3) is 0.0500. The lowest BCUT2D eigenvalue weighted by Crippen LogP contribution is -1.98. The SMILES string of the molecule is [C-]#[N+]/C(C#N)=C(\C=C\c1ccc(C(=C(c2ccc(OC)cc2)c2ccc(OC)cc2)c2ccccc2)cc1)c1ccccc1. The van der Waals surface area contributed by atoms with E-state index in [1.807, 2.05) is 91.0 Å². The highest BCUT2D eigenvalue weighted by molar-refractivity contribution is 6.04. The molecule has 0 aliphatic heterocycles. The summed E-state index contributed by atoms with van der Waals surface area (Å²) < 4.78 is 10.9. The molecule has 0 radical (unpaired) electrons. The zero-order valence-corrected chi connectivity index (χ0v) is 24.6. The van der Waals surface area contributed by atoms with Gasteiger partial charge in [0.15, 0.2) is 0 Å². The molecule has 5 aromatic carbocycles. The fourth-order valence-corrected chi connectivity index (χ4v) is 5.05. The normalized spacial score (nSPS) is 11.2. The molecule has 0 heterocycles. The van der Waals surface area contributed by atoms with Gasteiger partial charge in [-0.2, -0.15) is 0 Å². The van der Waals surface area contributed by atoms with Crippen molar-refractivity contribution < 1.29 is 9.47 Å². The fourth-order valence-electron chi connectivity index (χ4n) is 5.05. The summed E-state index contributed by atoms with van der Waals surface area (Å²) >= 11 is 0. The molecule has 0 amide bonds. The van der Waals surface area contributed by atoms with Crippen molar-refractivity contribution in [1.82, 2.24) is 0 Å². The summed E-state index contributed by atoms with van der Waals surface area (Å²) in [5.74, 6) is 1.59. The summed E-state index contributed by atoms with van der Waals surface area (Å²) in [6.45, 7) is 7.50. The number of nitriles is 1. The van der Waals surface area contributed by atoms with Gasteiger partial charge in [-0.1, -0.05) is 121 Å². The predicted molar refractivity (Wildman–Crippen MR) is 179 cm³/mol. The van der Waals surface area contributed by atoms with Crippen molar-refractivity contribution in [2.24, 2.45) is 0 Å². The summed E-state index contributed by atoms with van der Waals surface area (Å²) in [7, 11) is 3.34. The van der Waals surface area contributed by atoms with Crippen LogP contribution in [0.15, 0.2) is 145 Å². The van der Waals surface area contributed by atoms with Gasteiger partial charge in [-0.3, -0.25) is 0 Å². The van der Waals surface area contributed by atoms with E-state index in [0.717, 1.165) is 56.0 Å². The minimum Gasteiger partial charge on any atom is -0.497 e. The Morgan fingerprint density at radius 2 is 1.00 bits per heavy atom. The zero-order chi connectivity index (χ0) is 30.7. The molecule has 212 valence electrons. The van der Waals surface area contributed by atoms with Crippen LogP contribution in [-0.2, 0) is 0 Å². The Labute approximate surface area is 258 Å². The largest absolute Gasteiger partial charge is 0.497 e. The van der Waals surface area contributed by atoms with Crippen LogP contribution in [0.2, 0.25) is 0 Å². The van der Waals surface area contributed by atoms with E-state index in [4.69, 9.17) is 16.0 Å². The van der Waals surface area contributed by atoms with Crippen LogP contribution in [0, 0.1) is 17.9 Å². The minimum atomic E-state index is 0.0574. The lowest BCUT2D eigenvalue weighted by atomic mass is 9.85. The highest BCUT2D eigenvalue weighted by atomic mass is 16.5. The first-order chi connectivity index (χ1) is 21.6. The molecule has 4 heteroatoms. The number of ether oxygens (including phenoxy) is 2. The molecular weight excluding hydrogens is 540 g/mol. The molecule has 0 unspecified atom stereocenters. The summed E-state index contributed by atoms with van der Waals surface area (Å²) in [5.41, 5.74) is 8.84. The standard InChI is InChI=1S/C40H30N2O2/c1-42-38(28-41)37(30-10-6-4-7-11-30)27-16-29-14-17-32(18-15-29)39(31-12-8-5-9-13-31)40(33-19-23-35(43-2)24-20-33)34-21-25-36(44-3)26-22-34/h4-27H,2-3H3/b27-16+,38-37+. The number of hydrogen-bond donors (Lipinski definition) is 0. The van der Waals surface area contributed by atoms with E-state index in [1.54, 1.807) is 14.2 Å². The zero-order valence-electron chi connectivity index (χ0n) is 24.6. The van der Waals surface area contributed by atoms with E-state index in [0.29, 0.717) is 5.57 Å². The highest BCUT2D eigenvalue weighted by Crippen LogP contribution is 2.38. The minimum absolute atomic E-state index is 0.0574. The average Bonchev–Trinajstić information content (AvgIpc) is 3.10. The van der Waals surface area contributed by atoms with E-state index in [2.05, 4.69) is 65.5 Å². The van der Waals surface area contributed by atoms with Gasteiger partial charge in [0, 0.05) is 0 Å². The van der Waals surface area contributed by atoms with Crippen LogP contribution < -0.4 is 9.47 Å². The monoisotopic (exact) mass is 570 g/mol. The number of nitrogens with zero attached hydrogens (tertiary/aromatic N) is 2. The van der Waals surface area contributed by atoms with Gasteiger partial charge in [-0.15, -0.1) is 0 Å². The van der Waals surface area contributed by atoms with Crippen molar-refractivity contribution in [2.75, 3.05) is 14.2 Å². The topological polar surface area (TPSA) is 46.6 Å². The average molecular weight is 571 g/mol. The van der Waals surface area contributed by atoms with Crippen LogP contribution in [0.1, 0.15) is 33.4 Å². The molecule has 0 saturated carbocycles. The Hall–Kier alpha value is -6.10. The van der Waals surface area contributed by atoms with Gasteiger partial charge in [0.05, 0.1) is 26.9 Å². The molecule has 0 aliphatic carbocycles. The third-order valence-corrected chi connectivity index (χ3v) is 7.27. The third-order valence-electron chi connectivity index (χ3n) is 7.27. The lowest BCUT2D eigenvalue weighted by molar-refractivity contribution is 0.414. The molecular formula is C40H30N2O2. The second-order valence-electron chi connectivity index (χ2n) is 9.88. The van der Waals surface area contributed by atoms with Gasteiger partial charge in [0.25, 0.3) is 5.70 Å². The van der Waals surface area contributed by atoms with Crippen molar-refractivity contribution >= 4 is 22.8 Å². The predicted octanol–water partition coefficient (Wildman–Crippen LogP) is 9.58. The van der Waals surface area contributed by atoms with Crippen molar-refractivity contribution in [3.63, 3.8) is 0 Å². The van der Waals surface area contributed by atoms with Crippen LogP contribution in [0.25, 0.3) is 27.6 Å². The maximum atomic E-state index is 9.58. The van der Waals surface area contributed by atoms with Gasteiger partial charge < -0.3 is 9.47 Å². The van der Waals surface area contributed by atoms with Crippen molar-refractivity contribution in [3.8, 4) is 17.6 Å². The van der Waals surface area contributed by atoms with Gasteiger partial charge in [0.2, 0.25) is 0 Å². The Bertz CT molecular complexity index is 1820. The number of allylic oxidation sites excluding steroid dienone is 3. The molecule has 0 aromatic heterocycles. The molecule has 0 fully saturated rings. The van der Waals surface area contributed by atoms with E-state index in [1.165, 1.54) is 0 Å². The molecule has 44 heavy (non-hydrogen) atoms. The Kier molecular flexibility index (Phi) is 9.48. The first-order valence-electron chi connectivity index (χ1n) is 14.1. The Balaban J connectivity index is 1.65. The molecule has 0 bridgehead atoms. The van der Waals surface area contributed by atoms with E-state index in [-0.39, 0.29) is 5.70 Å². The first-order valence-corrected chi connectivity index (χ1v) is 14.1. The second kappa shape index (κ2) is 14.2. The summed E-state index contributed by atoms with van der Waals surface area (Å²) in [4.78, 5) is 3.46. The number of methoxy groups -OCH3 is 2. The van der Waals surface area contributed by atoms with Crippen LogP contribution in [-0.4, -0.2) is 14.2 Å². The van der Waals surface area contributed by atoms with Crippen LogP contribution in [0.5, 0.6) is 11.5 Å². The van der Waals surface area contributed by atoms with Crippen LogP contribution in [0.3, 0.4) is 0 Å². The number of hydrogen-bond acceptors (Lipinski definition) is 3. The Morgan fingerprint density at radius 1 is 0.591 bits per heavy atom. The quantitative estimate of drug-likeness (QED) is 0.0767.